The van der Waals surface area contributed by atoms with Crippen LogP contribution in [0.3, 0.4) is 0 Å². The number of nitrogens with zero attached hydrogens (tertiary/aromatic N) is 2. The molecule has 0 aromatic heterocycles. The molecule has 3 rings (SSSR count). The molecule has 158 valence electrons. The molecular formula is C21H27BrFIN4O. The number of aliphatic imine (C=N–C) groups is 1. The third-order valence-corrected chi connectivity index (χ3v) is 5.47. The van der Waals surface area contributed by atoms with Crippen molar-refractivity contribution in [3.05, 3.63) is 63.9 Å². The quantitative estimate of drug-likeness (QED) is 0.283. The summed E-state index contributed by atoms with van der Waals surface area (Å²) in [4.78, 5) is 6.73. The summed E-state index contributed by atoms with van der Waals surface area (Å²) in [7, 11) is 1.73. The first-order valence-electron chi connectivity index (χ1n) is 9.45. The highest BCUT2D eigenvalue weighted by Crippen LogP contribution is 2.17. The third kappa shape index (κ3) is 7.42. The number of hydrogen-bond donors (Lipinski definition) is 3. The van der Waals surface area contributed by atoms with Crippen molar-refractivity contribution in [3.8, 4) is 5.75 Å². The number of benzene rings is 2. The van der Waals surface area contributed by atoms with Gasteiger partial charge in [0.15, 0.2) is 17.5 Å². The lowest BCUT2D eigenvalue weighted by atomic mass is 10.0. The molecule has 2 aromatic carbocycles. The molecule has 1 heterocycles. The van der Waals surface area contributed by atoms with Gasteiger partial charge in [-0.05, 0) is 48.2 Å². The molecule has 0 bridgehead atoms. The van der Waals surface area contributed by atoms with Crippen molar-refractivity contribution in [1.29, 1.82) is 0 Å². The molecule has 0 saturated carbocycles. The first-order valence-corrected chi connectivity index (χ1v) is 10.2. The van der Waals surface area contributed by atoms with Gasteiger partial charge in [-0.15, -0.1) is 24.0 Å². The molecule has 1 aliphatic rings. The van der Waals surface area contributed by atoms with Crippen molar-refractivity contribution in [2.24, 2.45) is 4.99 Å². The standard InChI is InChI=1S/C21H26BrFN4O.HI/c1-24-21(25-13-16-4-7-20(28)19(23)12-16)26-18-8-10-27(11-9-18)14-15-2-5-17(22)6-3-15;/h2-7,12,18,28H,8-11,13-14H2,1H3,(H2,24,25,26);1H. The lowest BCUT2D eigenvalue weighted by Gasteiger charge is -2.33. The first-order chi connectivity index (χ1) is 13.5. The van der Waals surface area contributed by atoms with Crippen LogP contribution in [0.4, 0.5) is 4.39 Å². The second-order valence-electron chi connectivity index (χ2n) is 7.03. The number of aromatic hydroxyl groups is 1. The van der Waals surface area contributed by atoms with Crippen LogP contribution in [0.5, 0.6) is 5.75 Å². The van der Waals surface area contributed by atoms with E-state index >= 15 is 0 Å². The average Bonchev–Trinajstić information content (AvgIpc) is 2.70. The fourth-order valence-electron chi connectivity index (χ4n) is 3.32. The predicted octanol–water partition coefficient (Wildman–Crippen LogP) is 4.24. The van der Waals surface area contributed by atoms with E-state index in [4.69, 9.17) is 0 Å². The molecule has 1 saturated heterocycles. The van der Waals surface area contributed by atoms with E-state index in [0.29, 0.717) is 18.5 Å². The number of phenols is 1. The Morgan fingerprint density at radius 2 is 1.83 bits per heavy atom. The van der Waals surface area contributed by atoms with Gasteiger partial charge in [0, 0.05) is 43.7 Å². The lowest BCUT2D eigenvalue weighted by Crippen LogP contribution is -2.48. The van der Waals surface area contributed by atoms with Crippen LogP contribution in [0, 0.1) is 5.82 Å². The zero-order chi connectivity index (χ0) is 19.9. The molecule has 8 heteroatoms. The van der Waals surface area contributed by atoms with E-state index in [1.165, 1.54) is 17.7 Å². The predicted molar refractivity (Wildman–Crippen MR) is 129 cm³/mol. The molecular weight excluding hydrogens is 550 g/mol. The van der Waals surface area contributed by atoms with Gasteiger partial charge in [0.1, 0.15) is 0 Å². The molecule has 1 fully saturated rings. The Bertz CT molecular complexity index is 811. The molecule has 5 nitrogen and oxygen atoms in total. The number of hydrogen-bond acceptors (Lipinski definition) is 3. The summed E-state index contributed by atoms with van der Waals surface area (Å²) in [6.07, 6.45) is 2.09. The van der Waals surface area contributed by atoms with Crippen LogP contribution in [-0.4, -0.2) is 42.1 Å². The van der Waals surface area contributed by atoms with Gasteiger partial charge in [-0.25, -0.2) is 4.39 Å². The van der Waals surface area contributed by atoms with Gasteiger partial charge < -0.3 is 15.7 Å². The number of guanidine groups is 1. The van der Waals surface area contributed by atoms with Crippen molar-refractivity contribution in [2.75, 3.05) is 20.1 Å². The molecule has 0 unspecified atom stereocenters. The van der Waals surface area contributed by atoms with Gasteiger partial charge in [0.2, 0.25) is 0 Å². The van der Waals surface area contributed by atoms with E-state index in [1.54, 1.807) is 13.1 Å². The second-order valence-corrected chi connectivity index (χ2v) is 7.95. The summed E-state index contributed by atoms with van der Waals surface area (Å²) in [5.74, 6) is -0.235. The number of nitrogens with one attached hydrogen (secondary N) is 2. The van der Waals surface area contributed by atoms with Gasteiger partial charge in [-0.1, -0.05) is 34.1 Å². The largest absolute Gasteiger partial charge is 0.505 e. The zero-order valence-corrected chi connectivity index (χ0v) is 20.3. The van der Waals surface area contributed by atoms with Crippen LogP contribution in [0.2, 0.25) is 0 Å². The maximum atomic E-state index is 13.4. The maximum absolute atomic E-state index is 13.4. The second kappa shape index (κ2) is 11.7. The van der Waals surface area contributed by atoms with Gasteiger partial charge in [-0.3, -0.25) is 9.89 Å². The Hall–Kier alpha value is -1.39. The summed E-state index contributed by atoms with van der Waals surface area (Å²) in [5.41, 5.74) is 2.08. The Morgan fingerprint density at radius 1 is 1.17 bits per heavy atom. The zero-order valence-electron chi connectivity index (χ0n) is 16.4. The Labute approximate surface area is 196 Å². The van der Waals surface area contributed by atoms with Crippen molar-refractivity contribution >= 4 is 45.9 Å². The van der Waals surface area contributed by atoms with E-state index in [1.807, 2.05) is 0 Å². The van der Waals surface area contributed by atoms with E-state index in [-0.39, 0.29) is 29.7 Å². The monoisotopic (exact) mass is 576 g/mol. The summed E-state index contributed by atoms with van der Waals surface area (Å²) >= 11 is 3.47. The molecule has 1 aliphatic heterocycles. The van der Waals surface area contributed by atoms with E-state index in [2.05, 4.69) is 60.7 Å². The van der Waals surface area contributed by atoms with Crippen LogP contribution in [0.1, 0.15) is 24.0 Å². The van der Waals surface area contributed by atoms with Crippen LogP contribution in [0.15, 0.2) is 51.9 Å². The minimum atomic E-state index is -0.611. The Kier molecular flexibility index (Phi) is 9.64. The highest BCUT2D eigenvalue weighted by molar-refractivity contribution is 14.0. The summed E-state index contributed by atoms with van der Waals surface area (Å²) < 4.78 is 14.5. The van der Waals surface area contributed by atoms with Crippen molar-refractivity contribution in [3.63, 3.8) is 0 Å². The number of piperidine rings is 1. The molecule has 0 amide bonds. The smallest absolute Gasteiger partial charge is 0.191 e. The lowest BCUT2D eigenvalue weighted by molar-refractivity contribution is 0.198. The highest BCUT2D eigenvalue weighted by Gasteiger charge is 2.20. The molecule has 0 spiro atoms. The van der Waals surface area contributed by atoms with Crippen LogP contribution < -0.4 is 10.6 Å². The number of rotatable bonds is 5. The van der Waals surface area contributed by atoms with Crippen LogP contribution in [-0.2, 0) is 13.1 Å². The third-order valence-electron chi connectivity index (χ3n) is 4.94. The summed E-state index contributed by atoms with van der Waals surface area (Å²) in [6.45, 7) is 3.49. The van der Waals surface area contributed by atoms with Gasteiger partial charge in [-0.2, -0.15) is 0 Å². The SMILES string of the molecule is CN=C(NCc1ccc(O)c(F)c1)NC1CCN(Cc2ccc(Br)cc2)CC1.I. The van der Waals surface area contributed by atoms with E-state index in [0.717, 1.165) is 42.5 Å². The topological polar surface area (TPSA) is 59.9 Å². The fraction of sp³-hybridized carbons (Fsp3) is 0.381. The average molecular weight is 577 g/mol. The van der Waals surface area contributed by atoms with Crippen molar-refractivity contribution < 1.29 is 9.50 Å². The molecule has 0 aliphatic carbocycles. The maximum Gasteiger partial charge on any atom is 0.191 e. The Morgan fingerprint density at radius 3 is 2.45 bits per heavy atom. The minimum Gasteiger partial charge on any atom is -0.505 e. The first kappa shape index (κ1) is 23.9. The number of phenolic OH excluding ortho intramolecular Hbond substituents is 1. The molecule has 29 heavy (non-hydrogen) atoms. The summed E-state index contributed by atoms with van der Waals surface area (Å²) in [5, 5.41) is 15.9. The van der Waals surface area contributed by atoms with E-state index in [9.17, 15) is 9.50 Å². The van der Waals surface area contributed by atoms with Crippen molar-refractivity contribution in [2.45, 2.75) is 32.0 Å². The number of halogens is 3. The van der Waals surface area contributed by atoms with Crippen LogP contribution in [0.25, 0.3) is 0 Å². The van der Waals surface area contributed by atoms with Crippen LogP contribution >= 0.6 is 39.9 Å². The summed E-state index contributed by atoms with van der Waals surface area (Å²) in [6, 6.07) is 13.2. The molecule has 0 radical (unpaired) electrons. The minimum absolute atomic E-state index is 0. The number of likely N-dealkylation sites (tertiary alicyclic amines) is 1. The molecule has 2 aromatic rings. The van der Waals surface area contributed by atoms with Crippen molar-refractivity contribution in [1.82, 2.24) is 15.5 Å². The normalized spacial score (nSPS) is 15.6. The van der Waals surface area contributed by atoms with Gasteiger partial charge in [0.05, 0.1) is 0 Å². The van der Waals surface area contributed by atoms with Gasteiger partial charge >= 0.3 is 0 Å². The van der Waals surface area contributed by atoms with Gasteiger partial charge in [0.25, 0.3) is 0 Å². The highest BCUT2D eigenvalue weighted by atomic mass is 127. The Balaban J connectivity index is 0.00000300. The fourth-order valence-corrected chi connectivity index (χ4v) is 3.58. The molecule has 0 atom stereocenters. The van der Waals surface area contributed by atoms with E-state index < -0.39 is 5.82 Å². The molecule has 3 N–H and O–H groups in total.